The molecule has 1 atom stereocenters. The van der Waals surface area contributed by atoms with E-state index in [-0.39, 0.29) is 11.8 Å². The maximum Gasteiger partial charge on any atom is 0.237 e. The topological polar surface area (TPSA) is 55.1 Å². The summed E-state index contributed by atoms with van der Waals surface area (Å²) in [5.74, 6) is 0.107. The van der Waals surface area contributed by atoms with Crippen molar-refractivity contribution in [2.75, 3.05) is 12.8 Å². The van der Waals surface area contributed by atoms with Gasteiger partial charge in [0.2, 0.25) is 5.91 Å². The Morgan fingerprint density at radius 2 is 2.06 bits per heavy atom. The highest BCUT2D eigenvalue weighted by atomic mass is 32.2. The van der Waals surface area contributed by atoms with Gasteiger partial charge in [-0.05, 0) is 30.2 Å². The minimum atomic E-state index is -0.416. The molecule has 1 aromatic carbocycles. The molecular weight excluding hydrogens is 244 g/mol. The zero-order valence-corrected chi connectivity index (χ0v) is 12.1. The predicted octanol–water partition coefficient (Wildman–Crippen LogP) is 2.05. The lowest BCUT2D eigenvalue weighted by Crippen LogP contribution is -2.44. The zero-order valence-electron chi connectivity index (χ0n) is 11.3. The van der Waals surface area contributed by atoms with Gasteiger partial charge in [0.25, 0.3) is 0 Å². The zero-order chi connectivity index (χ0) is 13.5. The van der Waals surface area contributed by atoms with Crippen LogP contribution in [0.3, 0.4) is 0 Å². The van der Waals surface area contributed by atoms with Gasteiger partial charge in [0, 0.05) is 11.4 Å². The van der Waals surface area contributed by atoms with Gasteiger partial charge in [0.05, 0.1) is 6.04 Å². The summed E-state index contributed by atoms with van der Waals surface area (Å²) >= 11 is 1.73. The first kappa shape index (κ1) is 15.1. The second kappa shape index (κ2) is 7.44. The van der Waals surface area contributed by atoms with Gasteiger partial charge in [-0.2, -0.15) is 0 Å². The standard InChI is InChI=1S/C14H22N2OS/c1-10(2)13(15)14(17)16-9-8-11-6-4-5-7-12(11)18-3/h4-7,10,13H,8-9,15H2,1-3H3,(H,16,17). The minimum Gasteiger partial charge on any atom is -0.354 e. The van der Waals surface area contributed by atoms with Crippen LogP contribution in [-0.4, -0.2) is 24.7 Å². The summed E-state index contributed by atoms with van der Waals surface area (Å²) < 4.78 is 0. The highest BCUT2D eigenvalue weighted by Crippen LogP contribution is 2.19. The number of rotatable bonds is 6. The fraction of sp³-hybridized carbons (Fsp3) is 0.500. The third-order valence-electron chi connectivity index (χ3n) is 2.91. The van der Waals surface area contributed by atoms with Crippen LogP contribution in [0.15, 0.2) is 29.2 Å². The van der Waals surface area contributed by atoms with Crippen LogP contribution in [-0.2, 0) is 11.2 Å². The Hall–Kier alpha value is -1.00. The summed E-state index contributed by atoms with van der Waals surface area (Å²) in [4.78, 5) is 13.0. The number of hydrogen-bond acceptors (Lipinski definition) is 3. The van der Waals surface area contributed by atoms with Crippen LogP contribution >= 0.6 is 11.8 Å². The van der Waals surface area contributed by atoms with Gasteiger partial charge in [-0.15, -0.1) is 11.8 Å². The number of hydrogen-bond donors (Lipinski definition) is 2. The summed E-state index contributed by atoms with van der Waals surface area (Å²) in [5, 5.41) is 2.89. The molecule has 0 spiro atoms. The van der Waals surface area contributed by atoms with Crippen LogP contribution in [0.4, 0.5) is 0 Å². The number of nitrogens with two attached hydrogens (primary N) is 1. The number of carbonyl (C=O) groups excluding carboxylic acids is 1. The lowest BCUT2D eigenvalue weighted by atomic mass is 10.0. The van der Waals surface area contributed by atoms with Crippen LogP contribution in [0.5, 0.6) is 0 Å². The van der Waals surface area contributed by atoms with Gasteiger partial charge in [0.1, 0.15) is 0 Å². The van der Waals surface area contributed by atoms with Gasteiger partial charge < -0.3 is 11.1 Å². The van der Waals surface area contributed by atoms with E-state index in [0.29, 0.717) is 6.54 Å². The Bertz CT molecular complexity index is 393. The smallest absolute Gasteiger partial charge is 0.237 e. The van der Waals surface area contributed by atoms with Crippen molar-refractivity contribution in [1.82, 2.24) is 5.32 Å². The van der Waals surface area contributed by atoms with E-state index in [1.807, 2.05) is 26.0 Å². The van der Waals surface area contributed by atoms with E-state index in [2.05, 4.69) is 23.7 Å². The molecule has 1 unspecified atom stereocenters. The predicted molar refractivity (Wildman–Crippen MR) is 77.8 cm³/mol. The van der Waals surface area contributed by atoms with Gasteiger partial charge in [-0.3, -0.25) is 4.79 Å². The van der Waals surface area contributed by atoms with E-state index in [1.165, 1.54) is 10.5 Å². The summed E-state index contributed by atoms with van der Waals surface area (Å²) in [5.41, 5.74) is 7.05. The van der Waals surface area contributed by atoms with E-state index in [9.17, 15) is 4.79 Å². The minimum absolute atomic E-state index is 0.0633. The Morgan fingerprint density at radius 1 is 1.39 bits per heavy atom. The molecule has 4 heteroatoms. The second-order valence-electron chi connectivity index (χ2n) is 4.62. The van der Waals surface area contributed by atoms with Crippen LogP contribution in [0.1, 0.15) is 19.4 Å². The average molecular weight is 266 g/mol. The molecule has 0 aromatic heterocycles. The van der Waals surface area contributed by atoms with Crippen LogP contribution in [0.2, 0.25) is 0 Å². The molecule has 0 radical (unpaired) electrons. The van der Waals surface area contributed by atoms with Crippen molar-refractivity contribution in [2.24, 2.45) is 11.7 Å². The molecule has 3 nitrogen and oxygen atoms in total. The fourth-order valence-electron chi connectivity index (χ4n) is 1.65. The molecule has 0 aliphatic heterocycles. The van der Waals surface area contributed by atoms with Crippen molar-refractivity contribution in [3.8, 4) is 0 Å². The maximum absolute atomic E-state index is 11.7. The second-order valence-corrected chi connectivity index (χ2v) is 5.47. The first-order valence-electron chi connectivity index (χ1n) is 6.21. The molecule has 1 rings (SSSR count). The summed E-state index contributed by atoms with van der Waals surface area (Å²) in [7, 11) is 0. The van der Waals surface area contributed by atoms with Crippen molar-refractivity contribution in [3.63, 3.8) is 0 Å². The van der Waals surface area contributed by atoms with Gasteiger partial charge in [0.15, 0.2) is 0 Å². The SMILES string of the molecule is CSc1ccccc1CCNC(=O)C(N)C(C)C. The molecule has 0 heterocycles. The van der Waals surface area contributed by atoms with Crippen LogP contribution < -0.4 is 11.1 Å². The van der Waals surface area contributed by atoms with E-state index < -0.39 is 6.04 Å². The molecule has 0 aliphatic carbocycles. The Morgan fingerprint density at radius 3 is 2.67 bits per heavy atom. The van der Waals surface area contributed by atoms with Crippen molar-refractivity contribution in [3.05, 3.63) is 29.8 Å². The number of benzene rings is 1. The number of thioether (sulfide) groups is 1. The molecular formula is C14H22N2OS. The molecule has 100 valence electrons. The quantitative estimate of drug-likeness (QED) is 0.775. The molecule has 18 heavy (non-hydrogen) atoms. The van der Waals surface area contributed by atoms with E-state index in [0.717, 1.165) is 6.42 Å². The number of nitrogens with one attached hydrogen (secondary N) is 1. The van der Waals surface area contributed by atoms with Gasteiger partial charge in [-0.1, -0.05) is 32.0 Å². The molecule has 1 aromatic rings. The molecule has 0 fully saturated rings. The van der Waals surface area contributed by atoms with Crippen molar-refractivity contribution in [2.45, 2.75) is 31.2 Å². The summed E-state index contributed by atoms with van der Waals surface area (Å²) in [6, 6.07) is 7.84. The van der Waals surface area contributed by atoms with Crippen molar-refractivity contribution in [1.29, 1.82) is 0 Å². The molecule has 3 N–H and O–H groups in total. The highest BCUT2D eigenvalue weighted by Gasteiger charge is 2.16. The maximum atomic E-state index is 11.7. The monoisotopic (exact) mass is 266 g/mol. The van der Waals surface area contributed by atoms with E-state index >= 15 is 0 Å². The normalized spacial score (nSPS) is 12.5. The largest absolute Gasteiger partial charge is 0.354 e. The van der Waals surface area contributed by atoms with E-state index in [4.69, 9.17) is 5.73 Å². The molecule has 1 amide bonds. The first-order chi connectivity index (χ1) is 8.56. The Balaban J connectivity index is 2.44. The molecule has 0 saturated carbocycles. The molecule has 0 aliphatic rings. The summed E-state index contributed by atoms with van der Waals surface area (Å²) in [6.45, 7) is 4.54. The van der Waals surface area contributed by atoms with Gasteiger partial charge in [-0.25, -0.2) is 0 Å². The lowest BCUT2D eigenvalue weighted by Gasteiger charge is -2.15. The number of carbonyl (C=O) groups is 1. The van der Waals surface area contributed by atoms with Gasteiger partial charge >= 0.3 is 0 Å². The molecule has 0 saturated heterocycles. The first-order valence-corrected chi connectivity index (χ1v) is 7.44. The summed E-state index contributed by atoms with van der Waals surface area (Å²) in [6.07, 6.45) is 2.90. The number of amides is 1. The van der Waals surface area contributed by atoms with Crippen molar-refractivity contribution >= 4 is 17.7 Å². The Labute approximate surface area is 114 Å². The third kappa shape index (κ3) is 4.35. The van der Waals surface area contributed by atoms with E-state index in [1.54, 1.807) is 11.8 Å². The lowest BCUT2D eigenvalue weighted by molar-refractivity contribution is -0.123. The van der Waals surface area contributed by atoms with Crippen LogP contribution in [0.25, 0.3) is 0 Å². The molecule has 0 bridgehead atoms. The third-order valence-corrected chi connectivity index (χ3v) is 3.75. The van der Waals surface area contributed by atoms with Crippen LogP contribution in [0, 0.1) is 5.92 Å². The Kier molecular flexibility index (Phi) is 6.22. The highest BCUT2D eigenvalue weighted by molar-refractivity contribution is 7.98. The fourth-order valence-corrected chi connectivity index (χ4v) is 2.30. The average Bonchev–Trinajstić information content (AvgIpc) is 2.38. The van der Waals surface area contributed by atoms with Crippen molar-refractivity contribution < 1.29 is 4.79 Å².